The quantitative estimate of drug-likeness (QED) is 0.853. The van der Waals surface area contributed by atoms with Crippen molar-refractivity contribution in [1.82, 2.24) is 10.2 Å². The second kappa shape index (κ2) is 5.58. The van der Waals surface area contributed by atoms with E-state index in [2.05, 4.69) is 17.3 Å². The van der Waals surface area contributed by atoms with Crippen LogP contribution in [0.15, 0.2) is 0 Å². The Labute approximate surface area is 123 Å². The molecule has 1 aliphatic carbocycles. The lowest BCUT2D eigenvalue weighted by Gasteiger charge is -2.37. The summed E-state index contributed by atoms with van der Waals surface area (Å²) in [5.41, 5.74) is 0. The van der Waals surface area contributed by atoms with Crippen molar-refractivity contribution >= 4 is 9.84 Å². The molecular formula is C15H28N2O2S. The van der Waals surface area contributed by atoms with Crippen LogP contribution in [-0.4, -0.2) is 56.5 Å². The van der Waals surface area contributed by atoms with E-state index in [1.807, 2.05) is 0 Å². The van der Waals surface area contributed by atoms with E-state index in [-0.39, 0.29) is 11.3 Å². The fraction of sp³-hybridized carbons (Fsp3) is 1.00. The molecule has 0 aromatic heterocycles. The number of fused-ring (bicyclic) bond motifs is 2. The van der Waals surface area contributed by atoms with E-state index in [9.17, 15) is 8.42 Å². The average molecular weight is 300 g/mol. The minimum absolute atomic E-state index is 0.148. The van der Waals surface area contributed by atoms with Crippen molar-refractivity contribution in [2.45, 2.75) is 68.3 Å². The number of hydrogen-bond donors (Lipinski definition) is 1. The Kier molecular flexibility index (Phi) is 4.13. The van der Waals surface area contributed by atoms with Gasteiger partial charge in [0.25, 0.3) is 0 Å². The van der Waals surface area contributed by atoms with Crippen LogP contribution in [-0.2, 0) is 9.84 Å². The van der Waals surface area contributed by atoms with Crippen molar-refractivity contribution in [3.8, 4) is 0 Å². The minimum Gasteiger partial charge on any atom is -0.312 e. The van der Waals surface area contributed by atoms with Gasteiger partial charge in [-0.1, -0.05) is 6.42 Å². The Morgan fingerprint density at radius 2 is 1.75 bits per heavy atom. The third-order valence-corrected chi connectivity index (χ3v) is 7.53. The summed E-state index contributed by atoms with van der Waals surface area (Å²) in [7, 11) is -0.627. The topological polar surface area (TPSA) is 49.4 Å². The number of nitrogens with zero attached hydrogens (tertiary/aromatic N) is 1. The highest BCUT2D eigenvalue weighted by Gasteiger charge is 2.39. The SMILES string of the molecule is CN1C2CCC1CC(CNC1CCCC1S(C)(=O)=O)C2. The van der Waals surface area contributed by atoms with Gasteiger partial charge in [-0.15, -0.1) is 0 Å². The molecule has 2 saturated heterocycles. The molecule has 3 rings (SSSR count). The molecule has 1 N–H and O–H groups in total. The summed E-state index contributed by atoms with van der Waals surface area (Å²) in [6, 6.07) is 1.74. The third-order valence-electron chi connectivity index (χ3n) is 5.87. The molecule has 0 radical (unpaired) electrons. The summed E-state index contributed by atoms with van der Waals surface area (Å²) in [6.07, 6.45) is 9.60. The van der Waals surface area contributed by atoms with Crippen molar-refractivity contribution in [2.24, 2.45) is 5.92 Å². The molecule has 0 spiro atoms. The Morgan fingerprint density at radius 3 is 2.35 bits per heavy atom. The van der Waals surface area contributed by atoms with Crippen LogP contribution in [0.1, 0.15) is 44.9 Å². The number of nitrogens with one attached hydrogen (secondary N) is 1. The molecule has 116 valence electrons. The summed E-state index contributed by atoms with van der Waals surface area (Å²) in [5, 5.41) is 3.45. The lowest BCUT2D eigenvalue weighted by molar-refractivity contribution is 0.131. The van der Waals surface area contributed by atoms with Gasteiger partial charge in [0.1, 0.15) is 0 Å². The third kappa shape index (κ3) is 2.90. The van der Waals surface area contributed by atoms with Gasteiger partial charge in [0.2, 0.25) is 0 Å². The Hall–Kier alpha value is -0.130. The summed E-state index contributed by atoms with van der Waals surface area (Å²) < 4.78 is 23.6. The van der Waals surface area contributed by atoms with Gasteiger partial charge in [-0.2, -0.15) is 0 Å². The molecule has 0 amide bonds. The number of piperidine rings is 1. The number of rotatable bonds is 4. The van der Waals surface area contributed by atoms with Crippen LogP contribution in [0.4, 0.5) is 0 Å². The number of sulfone groups is 1. The first-order valence-electron chi connectivity index (χ1n) is 8.09. The van der Waals surface area contributed by atoms with E-state index in [1.165, 1.54) is 31.9 Å². The first-order chi connectivity index (χ1) is 9.45. The molecule has 20 heavy (non-hydrogen) atoms. The second-order valence-corrected chi connectivity index (χ2v) is 9.47. The maximum Gasteiger partial charge on any atom is 0.151 e. The average Bonchev–Trinajstić information content (AvgIpc) is 2.90. The van der Waals surface area contributed by atoms with E-state index in [0.717, 1.165) is 43.8 Å². The normalized spacial score (nSPS) is 42.2. The molecule has 2 aliphatic heterocycles. The molecule has 4 atom stereocenters. The van der Waals surface area contributed by atoms with Crippen LogP contribution < -0.4 is 5.32 Å². The predicted molar refractivity (Wildman–Crippen MR) is 81.6 cm³/mol. The standard InChI is InChI=1S/C15H28N2O2S/c1-17-12-6-7-13(17)9-11(8-12)10-16-14-4-3-5-15(14)20(2,18)19/h11-16H,3-10H2,1-2H3. The first kappa shape index (κ1) is 14.8. The van der Waals surface area contributed by atoms with Crippen molar-refractivity contribution in [2.75, 3.05) is 19.8 Å². The lowest BCUT2D eigenvalue weighted by Crippen LogP contribution is -2.46. The Morgan fingerprint density at radius 1 is 1.10 bits per heavy atom. The van der Waals surface area contributed by atoms with Crippen molar-refractivity contribution in [3.05, 3.63) is 0 Å². The minimum atomic E-state index is -2.89. The molecule has 2 heterocycles. The molecule has 2 bridgehead atoms. The molecule has 3 fully saturated rings. The zero-order valence-corrected chi connectivity index (χ0v) is 13.5. The van der Waals surface area contributed by atoms with E-state index >= 15 is 0 Å². The lowest BCUT2D eigenvalue weighted by atomic mass is 9.91. The summed E-state index contributed by atoms with van der Waals surface area (Å²) in [5.74, 6) is 0.740. The van der Waals surface area contributed by atoms with Crippen LogP contribution in [0, 0.1) is 5.92 Å². The van der Waals surface area contributed by atoms with E-state index < -0.39 is 9.84 Å². The molecule has 5 heteroatoms. The van der Waals surface area contributed by atoms with Gasteiger partial charge in [-0.25, -0.2) is 8.42 Å². The van der Waals surface area contributed by atoms with Gasteiger partial charge in [0, 0.05) is 24.4 Å². The van der Waals surface area contributed by atoms with Gasteiger partial charge >= 0.3 is 0 Å². The second-order valence-electron chi connectivity index (χ2n) is 7.20. The summed E-state index contributed by atoms with van der Waals surface area (Å²) in [4.78, 5) is 2.56. The van der Waals surface area contributed by atoms with E-state index in [0.29, 0.717) is 0 Å². The smallest absolute Gasteiger partial charge is 0.151 e. The zero-order valence-electron chi connectivity index (χ0n) is 12.7. The molecule has 0 aromatic rings. The van der Waals surface area contributed by atoms with Gasteiger partial charge in [-0.3, -0.25) is 0 Å². The van der Waals surface area contributed by atoms with Crippen LogP contribution >= 0.6 is 0 Å². The highest BCUT2D eigenvalue weighted by Crippen LogP contribution is 2.37. The van der Waals surface area contributed by atoms with Gasteiger partial charge in [-0.05, 0) is 58.0 Å². The van der Waals surface area contributed by atoms with Gasteiger partial charge in [0.05, 0.1) is 5.25 Å². The summed E-state index contributed by atoms with van der Waals surface area (Å²) in [6.45, 7) is 1.01. The van der Waals surface area contributed by atoms with Crippen molar-refractivity contribution in [1.29, 1.82) is 0 Å². The van der Waals surface area contributed by atoms with Crippen LogP contribution in [0.2, 0.25) is 0 Å². The highest BCUT2D eigenvalue weighted by molar-refractivity contribution is 7.91. The van der Waals surface area contributed by atoms with Crippen molar-refractivity contribution < 1.29 is 8.42 Å². The molecule has 1 saturated carbocycles. The van der Waals surface area contributed by atoms with E-state index in [4.69, 9.17) is 0 Å². The maximum absolute atomic E-state index is 11.8. The fourth-order valence-electron chi connectivity index (χ4n) is 4.68. The van der Waals surface area contributed by atoms with Crippen molar-refractivity contribution in [3.63, 3.8) is 0 Å². The van der Waals surface area contributed by atoms with Crippen LogP contribution in [0.25, 0.3) is 0 Å². The Balaban J connectivity index is 1.53. The molecule has 0 aromatic carbocycles. The molecule has 4 unspecified atom stereocenters. The highest BCUT2D eigenvalue weighted by atomic mass is 32.2. The molecular weight excluding hydrogens is 272 g/mol. The van der Waals surface area contributed by atoms with Gasteiger partial charge < -0.3 is 10.2 Å². The van der Waals surface area contributed by atoms with Crippen LogP contribution in [0.5, 0.6) is 0 Å². The largest absolute Gasteiger partial charge is 0.312 e. The summed E-state index contributed by atoms with van der Waals surface area (Å²) >= 11 is 0. The molecule has 4 nitrogen and oxygen atoms in total. The first-order valence-corrected chi connectivity index (χ1v) is 10.0. The van der Waals surface area contributed by atoms with Gasteiger partial charge in [0.15, 0.2) is 9.84 Å². The maximum atomic E-state index is 11.8. The number of hydrogen-bond acceptors (Lipinski definition) is 4. The van der Waals surface area contributed by atoms with E-state index in [1.54, 1.807) is 0 Å². The van der Waals surface area contributed by atoms with Crippen LogP contribution in [0.3, 0.4) is 0 Å². The fourth-order valence-corrected chi connectivity index (χ4v) is 6.10. The monoisotopic (exact) mass is 300 g/mol. The zero-order chi connectivity index (χ0) is 14.3. The predicted octanol–water partition coefficient (Wildman–Crippen LogP) is 1.41. The Bertz CT molecular complexity index is 437. The molecule has 3 aliphatic rings.